The molecule has 1 aromatic carbocycles. The van der Waals surface area contributed by atoms with Gasteiger partial charge in [-0.15, -0.1) is 0 Å². The van der Waals surface area contributed by atoms with E-state index in [-0.39, 0.29) is 6.54 Å². The van der Waals surface area contributed by atoms with E-state index in [1.807, 2.05) is 0 Å². The van der Waals surface area contributed by atoms with Gasteiger partial charge in [0.05, 0.1) is 17.6 Å². The van der Waals surface area contributed by atoms with Crippen LogP contribution in [-0.2, 0) is 11.2 Å². The number of carboxylic acid groups (broad SMARTS) is 1. The molecule has 5 fully saturated rings. The molecule has 2 saturated carbocycles. The van der Waals surface area contributed by atoms with Crippen molar-refractivity contribution in [2.24, 2.45) is 17.8 Å². The molecule has 3 saturated heterocycles. The Morgan fingerprint density at radius 3 is 2.42 bits per heavy atom. The third kappa shape index (κ3) is 5.60. The zero-order valence-electron chi connectivity index (χ0n) is 24.4. The predicted molar refractivity (Wildman–Crippen MR) is 159 cm³/mol. The molecule has 2 aliphatic carbocycles. The first-order valence-corrected chi connectivity index (χ1v) is 16.8. The second-order valence-electron chi connectivity index (χ2n) is 14.2. The van der Waals surface area contributed by atoms with Crippen LogP contribution < -0.4 is 0 Å². The molecule has 1 aromatic heterocycles. The zero-order chi connectivity index (χ0) is 27.1. The third-order valence-electron chi connectivity index (χ3n) is 11.6. The van der Waals surface area contributed by atoms with Gasteiger partial charge in [0.25, 0.3) is 0 Å². The van der Waals surface area contributed by atoms with Gasteiger partial charge < -0.3 is 9.67 Å². The molecule has 6 nitrogen and oxygen atoms in total. The Hall–Kier alpha value is -1.92. The molecule has 1 N–H and O–H groups in total. The van der Waals surface area contributed by atoms with Crippen LogP contribution in [0.2, 0.25) is 0 Å². The highest BCUT2D eigenvalue weighted by Gasteiger charge is 2.41. The van der Waals surface area contributed by atoms with Gasteiger partial charge in [0, 0.05) is 37.1 Å². The highest BCUT2D eigenvalue weighted by Crippen LogP contribution is 2.45. The first-order chi connectivity index (χ1) is 19.6. The van der Waals surface area contributed by atoms with Gasteiger partial charge in [-0.3, -0.25) is 14.6 Å². The summed E-state index contributed by atoms with van der Waals surface area (Å²) in [6, 6.07) is 11.2. The van der Waals surface area contributed by atoms with Crippen molar-refractivity contribution in [1.29, 1.82) is 0 Å². The Morgan fingerprint density at radius 1 is 0.825 bits per heavy atom. The van der Waals surface area contributed by atoms with E-state index >= 15 is 0 Å². The lowest BCUT2D eigenvalue weighted by atomic mass is 9.77. The van der Waals surface area contributed by atoms with Gasteiger partial charge in [0.15, 0.2) is 0 Å². The number of imidazole rings is 1. The number of aryl methyl sites for hydroxylation is 1. The largest absolute Gasteiger partial charge is 0.480 e. The Labute approximate surface area is 240 Å². The second kappa shape index (κ2) is 11.8. The Balaban J connectivity index is 1.14. The summed E-state index contributed by atoms with van der Waals surface area (Å²) in [7, 11) is 0. The maximum Gasteiger partial charge on any atom is 0.317 e. The molecule has 0 amide bonds. The van der Waals surface area contributed by atoms with E-state index in [1.54, 1.807) is 0 Å². The lowest BCUT2D eigenvalue weighted by Gasteiger charge is -2.43. The molecule has 4 bridgehead atoms. The normalized spacial score (nSPS) is 35.5. The summed E-state index contributed by atoms with van der Waals surface area (Å²) in [4.78, 5) is 21.9. The van der Waals surface area contributed by atoms with Crippen molar-refractivity contribution in [3.8, 4) is 0 Å². The molecule has 6 atom stereocenters. The molecule has 0 spiro atoms. The van der Waals surface area contributed by atoms with Gasteiger partial charge in [0.1, 0.15) is 5.82 Å². The summed E-state index contributed by atoms with van der Waals surface area (Å²) in [6.07, 6.45) is 21.2. The van der Waals surface area contributed by atoms with Crippen molar-refractivity contribution in [2.75, 3.05) is 19.6 Å². The molecule has 7 rings (SSSR count). The van der Waals surface area contributed by atoms with Crippen LogP contribution in [0.1, 0.15) is 108 Å². The molecular weight excluding hydrogens is 496 g/mol. The number of nitrogens with zero attached hydrogens (tertiary/aromatic N) is 4. The van der Waals surface area contributed by atoms with Crippen LogP contribution in [0.5, 0.6) is 0 Å². The highest BCUT2D eigenvalue weighted by atomic mass is 16.4. The summed E-state index contributed by atoms with van der Waals surface area (Å²) in [5, 5.41) is 9.41. The number of aromatic nitrogens is 2. The molecule has 218 valence electrons. The van der Waals surface area contributed by atoms with Crippen LogP contribution in [-0.4, -0.2) is 68.2 Å². The first-order valence-electron chi connectivity index (χ1n) is 16.8. The molecular formula is C34H50N4O2. The van der Waals surface area contributed by atoms with Crippen LogP contribution in [0.4, 0.5) is 0 Å². The molecule has 3 aliphatic heterocycles. The fourth-order valence-electron chi connectivity index (χ4n) is 9.96. The van der Waals surface area contributed by atoms with Crippen molar-refractivity contribution in [3.05, 3.63) is 30.1 Å². The summed E-state index contributed by atoms with van der Waals surface area (Å²) < 4.78 is 2.67. The molecule has 5 aliphatic rings. The number of para-hydroxylation sites is 2. The van der Waals surface area contributed by atoms with E-state index in [0.717, 1.165) is 61.5 Å². The lowest BCUT2D eigenvalue weighted by Crippen LogP contribution is -2.47. The minimum absolute atomic E-state index is 0.172. The second-order valence-corrected chi connectivity index (χ2v) is 14.2. The van der Waals surface area contributed by atoms with E-state index in [0.29, 0.717) is 18.1 Å². The van der Waals surface area contributed by atoms with Crippen molar-refractivity contribution < 1.29 is 9.90 Å². The number of carboxylic acids is 1. The van der Waals surface area contributed by atoms with Gasteiger partial charge in [-0.25, -0.2) is 4.98 Å². The number of hydrogen-bond donors (Lipinski definition) is 1. The number of rotatable bonds is 7. The molecule has 6 unspecified atom stereocenters. The molecule has 40 heavy (non-hydrogen) atoms. The van der Waals surface area contributed by atoms with E-state index < -0.39 is 5.97 Å². The van der Waals surface area contributed by atoms with E-state index in [9.17, 15) is 9.90 Å². The van der Waals surface area contributed by atoms with Crippen molar-refractivity contribution in [1.82, 2.24) is 19.4 Å². The smallest absolute Gasteiger partial charge is 0.317 e. The standard InChI is InChI=1S/C34H50N4O2/c39-34(40)23-36-16-6-11-27(36)14-15-33-35-31-12-3-4-13-32(31)38(33)30-20-26-9-5-10-28(21-30)37(22-26)29-18-24-7-1-2-8-25(17-24)19-29/h3-4,12-13,24-30H,1-2,5-11,14-23H2,(H,39,40). The number of aliphatic carboxylic acids is 1. The molecule has 2 aromatic rings. The molecule has 4 heterocycles. The first kappa shape index (κ1) is 26.9. The van der Waals surface area contributed by atoms with Gasteiger partial charge in [-0.1, -0.05) is 44.2 Å². The number of fused-ring (bicyclic) bond motifs is 6. The predicted octanol–water partition coefficient (Wildman–Crippen LogP) is 6.68. The topological polar surface area (TPSA) is 61.6 Å². The fourth-order valence-corrected chi connectivity index (χ4v) is 9.96. The van der Waals surface area contributed by atoms with E-state index in [4.69, 9.17) is 4.98 Å². The number of hydrogen-bond acceptors (Lipinski definition) is 4. The fraction of sp³-hybridized carbons (Fsp3) is 0.765. The minimum Gasteiger partial charge on any atom is -0.480 e. The maximum atomic E-state index is 11.4. The Morgan fingerprint density at radius 2 is 1.60 bits per heavy atom. The van der Waals surface area contributed by atoms with E-state index in [1.165, 1.54) is 94.9 Å². The lowest BCUT2D eigenvalue weighted by molar-refractivity contribution is -0.138. The van der Waals surface area contributed by atoms with Gasteiger partial charge in [-0.2, -0.15) is 0 Å². The van der Waals surface area contributed by atoms with Crippen molar-refractivity contribution in [3.63, 3.8) is 0 Å². The van der Waals surface area contributed by atoms with Crippen LogP contribution >= 0.6 is 0 Å². The Kier molecular flexibility index (Phi) is 7.92. The van der Waals surface area contributed by atoms with Gasteiger partial charge >= 0.3 is 5.97 Å². The van der Waals surface area contributed by atoms with Gasteiger partial charge in [-0.05, 0) is 101 Å². The number of likely N-dealkylation sites (tertiary alicyclic amines) is 1. The minimum atomic E-state index is -0.703. The zero-order valence-corrected chi connectivity index (χ0v) is 24.4. The van der Waals surface area contributed by atoms with Crippen LogP contribution in [0.25, 0.3) is 11.0 Å². The number of benzene rings is 1. The summed E-state index contributed by atoms with van der Waals surface area (Å²) in [5.41, 5.74) is 2.44. The quantitative estimate of drug-likeness (QED) is 0.420. The highest BCUT2D eigenvalue weighted by molar-refractivity contribution is 5.76. The molecule has 0 radical (unpaired) electrons. The number of carbonyl (C=O) groups is 1. The third-order valence-corrected chi connectivity index (χ3v) is 11.6. The van der Waals surface area contributed by atoms with Crippen molar-refractivity contribution >= 4 is 17.0 Å². The monoisotopic (exact) mass is 546 g/mol. The maximum absolute atomic E-state index is 11.4. The van der Waals surface area contributed by atoms with Gasteiger partial charge in [0.2, 0.25) is 0 Å². The Bertz CT molecular complexity index is 1160. The summed E-state index contributed by atoms with van der Waals surface area (Å²) in [5.74, 6) is 3.28. The van der Waals surface area contributed by atoms with Crippen LogP contribution in [0.3, 0.4) is 0 Å². The summed E-state index contributed by atoms with van der Waals surface area (Å²) >= 11 is 0. The molecule has 6 heteroatoms. The summed E-state index contributed by atoms with van der Waals surface area (Å²) in [6.45, 7) is 2.41. The SMILES string of the molecule is O=C(O)CN1CCCC1CCc1nc2ccccc2n1C1CC2CCCC(C1)N(C1CC3CCCCC(C3)C1)C2. The average Bonchev–Trinajstić information content (AvgIpc) is 3.33. The van der Waals surface area contributed by atoms with Crippen LogP contribution in [0.15, 0.2) is 24.3 Å². The van der Waals surface area contributed by atoms with E-state index in [2.05, 4.69) is 38.6 Å². The van der Waals surface area contributed by atoms with Crippen LogP contribution in [0, 0.1) is 17.8 Å². The average molecular weight is 547 g/mol. The van der Waals surface area contributed by atoms with Crippen molar-refractivity contribution in [2.45, 2.75) is 127 Å².